The van der Waals surface area contributed by atoms with E-state index in [1.54, 1.807) is 30.3 Å². The number of nitrogens with zero attached hydrogens (tertiary/aromatic N) is 3. The Balaban J connectivity index is 1.97. The van der Waals surface area contributed by atoms with Crippen molar-refractivity contribution in [3.05, 3.63) is 84.5 Å². The molecule has 0 spiro atoms. The van der Waals surface area contributed by atoms with E-state index in [1.165, 1.54) is 33.7 Å². The fraction of sp³-hybridized carbons (Fsp3) is 0.174. The minimum absolute atomic E-state index is 0.144. The van der Waals surface area contributed by atoms with Crippen molar-refractivity contribution in [2.24, 2.45) is 0 Å². The number of ether oxygens (including phenoxy) is 1. The number of rotatable bonds is 3. The van der Waals surface area contributed by atoms with Crippen LogP contribution < -0.4 is 14.8 Å². The smallest absolute Gasteiger partial charge is 0.273 e. The van der Waals surface area contributed by atoms with Crippen molar-refractivity contribution in [2.75, 3.05) is 26.3 Å². The molecule has 6 nitrogen and oxygen atoms in total. The number of benzene rings is 2. The van der Waals surface area contributed by atoms with E-state index in [1.807, 2.05) is 6.07 Å². The van der Waals surface area contributed by atoms with E-state index in [9.17, 15) is 19.2 Å². The van der Waals surface area contributed by atoms with Crippen LogP contribution in [-0.4, -0.2) is 41.7 Å². The second-order valence-corrected chi connectivity index (χ2v) is 8.44. The zero-order valence-corrected chi connectivity index (χ0v) is 18.3. The Hall–Kier alpha value is -3.25. The van der Waals surface area contributed by atoms with Crippen LogP contribution in [0, 0.1) is 17.1 Å². The molecule has 2 aromatic carbocycles. The van der Waals surface area contributed by atoms with E-state index in [2.05, 4.69) is 0 Å². The quantitative estimate of drug-likeness (QED) is 0.588. The number of morpholine rings is 1. The molecule has 0 aliphatic carbocycles. The number of amides is 1. The van der Waals surface area contributed by atoms with Crippen LogP contribution >= 0.6 is 22.9 Å². The van der Waals surface area contributed by atoms with Gasteiger partial charge in [-0.2, -0.15) is 5.26 Å². The Morgan fingerprint density at radius 3 is 2.41 bits per heavy atom. The molecule has 1 aliphatic rings. The molecule has 1 saturated heterocycles. The molecule has 0 atom stereocenters. The van der Waals surface area contributed by atoms with Gasteiger partial charge in [-0.05, 0) is 48.0 Å². The second kappa shape index (κ2) is 9.49. The number of carbonyl (C=O) groups excluding carboxylic acids is 1. The second-order valence-electron chi connectivity index (χ2n) is 6.98. The molecule has 162 valence electrons. The number of thiazole rings is 1. The van der Waals surface area contributed by atoms with Gasteiger partial charge in [0.25, 0.3) is 11.5 Å². The summed E-state index contributed by atoms with van der Waals surface area (Å²) in [5.41, 5.74) is 0.549. The summed E-state index contributed by atoms with van der Waals surface area (Å²) in [5.74, 6) is -0.925. The Bertz CT molecular complexity index is 1370. The molecule has 1 amide bonds. The predicted octanol–water partition coefficient (Wildman–Crippen LogP) is 2.05. The van der Waals surface area contributed by atoms with Crippen molar-refractivity contribution in [1.82, 2.24) is 9.47 Å². The summed E-state index contributed by atoms with van der Waals surface area (Å²) >= 11 is 6.98. The fourth-order valence-electron chi connectivity index (χ4n) is 3.30. The van der Waals surface area contributed by atoms with Crippen LogP contribution in [0.15, 0.2) is 53.3 Å². The van der Waals surface area contributed by atoms with Gasteiger partial charge < -0.3 is 9.64 Å². The lowest BCUT2D eigenvalue weighted by Crippen LogP contribution is -2.42. The first-order valence-corrected chi connectivity index (χ1v) is 10.9. The van der Waals surface area contributed by atoms with Crippen LogP contribution in [0.5, 0.6) is 0 Å². The van der Waals surface area contributed by atoms with Crippen LogP contribution in [0.25, 0.3) is 17.3 Å². The van der Waals surface area contributed by atoms with Crippen LogP contribution in [0.2, 0.25) is 5.02 Å². The number of aromatic nitrogens is 1. The molecule has 0 radical (unpaired) electrons. The molecule has 32 heavy (non-hydrogen) atoms. The van der Waals surface area contributed by atoms with Crippen molar-refractivity contribution in [2.45, 2.75) is 0 Å². The van der Waals surface area contributed by atoms with Crippen molar-refractivity contribution in [1.29, 1.82) is 5.26 Å². The Kier molecular flexibility index (Phi) is 6.51. The van der Waals surface area contributed by atoms with Gasteiger partial charge >= 0.3 is 0 Å². The summed E-state index contributed by atoms with van der Waals surface area (Å²) < 4.78 is 20.6. The molecule has 0 N–H and O–H groups in total. The highest BCUT2D eigenvalue weighted by molar-refractivity contribution is 7.07. The molecule has 4 rings (SSSR count). The Labute approximate surface area is 191 Å². The normalized spacial score (nSPS) is 15.4. The molecule has 1 aromatic heterocycles. The van der Waals surface area contributed by atoms with E-state index in [0.29, 0.717) is 41.5 Å². The van der Waals surface area contributed by atoms with E-state index < -0.39 is 17.3 Å². The van der Waals surface area contributed by atoms with Crippen molar-refractivity contribution in [3.8, 4) is 11.8 Å². The number of hydrogen-bond acceptors (Lipinski definition) is 5. The summed E-state index contributed by atoms with van der Waals surface area (Å²) in [4.78, 5) is 28.0. The van der Waals surface area contributed by atoms with Gasteiger partial charge in [-0.1, -0.05) is 23.7 Å². The largest absolute Gasteiger partial charge is 0.378 e. The minimum Gasteiger partial charge on any atom is -0.378 e. The molecule has 0 saturated carbocycles. The first kappa shape index (κ1) is 22.0. The number of hydrogen-bond donors (Lipinski definition) is 0. The SMILES string of the molecule is N#C/C(C(=O)N1CCOCC1)=c1/s/c(=C/c2ccc(Cl)cc2)c(=O)n1-c1ccc(F)cc1. The number of halogens is 2. The predicted molar refractivity (Wildman–Crippen MR) is 121 cm³/mol. The Morgan fingerprint density at radius 2 is 1.78 bits per heavy atom. The van der Waals surface area contributed by atoms with Crippen molar-refractivity contribution >= 4 is 40.5 Å². The maximum atomic E-state index is 13.5. The first-order valence-electron chi connectivity index (χ1n) is 9.74. The van der Waals surface area contributed by atoms with E-state index in [-0.39, 0.29) is 10.2 Å². The number of nitriles is 1. The van der Waals surface area contributed by atoms with Gasteiger partial charge in [0.1, 0.15) is 16.5 Å². The molecular weight excluding hydrogens is 453 g/mol. The molecule has 3 aromatic rings. The van der Waals surface area contributed by atoms with Gasteiger partial charge in [0.15, 0.2) is 5.57 Å². The number of carbonyl (C=O) groups is 1. The van der Waals surface area contributed by atoms with E-state index in [0.717, 1.165) is 16.9 Å². The molecule has 0 unspecified atom stereocenters. The molecular formula is C23H17ClFN3O3S. The van der Waals surface area contributed by atoms with Gasteiger partial charge in [-0.15, -0.1) is 11.3 Å². The van der Waals surface area contributed by atoms with E-state index >= 15 is 0 Å². The monoisotopic (exact) mass is 469 g/mol. The van der Waals surface area contributed by atoms with Gasteiger partial charge in [0.05, 0.1) is 23.4 Å². The van der Waals surface area contributed by atoms with Crippen molar-refractivity contribution in [3.63, 3.8) is 0 Å². The average molecular weight is 470 g/mol. The van der Waals surface area contributed by atoms with Crippen LogP contribution in [-0.2, 0) is 9.53 Å². The standard InChI is InChI=1S/C23H17ClFN3O3S/c24-16-3-1-15(2-4-16)13-20-22(30)28(18-7-5-17(25)6-8-18)23(32-20)19(14-26)21(29)27-9-11-31-12-10-27/h1-8,13H,9-12H2/b20-13+,23-19-. The average Bonchev–Trinajstić information content (AvgIpc) is 3.12. The highest BCUT2D eigenvalue weighted by atomic mass is 35.5. The summed E-state index contributed by atoms with van der Waals surface area (Å²) in [6.45, 7) is 1.49. The van der Waals surface area contributed by atoms with Gasteiger partial charge in [-0.3, -0.25) is 14.2 Å². The Morgan fingerprint density at radius 1 is 1.12 bits per heavy atom. The van der Waals surface area contributed by atoms with Gasteiger partial charge in [0.2, 0.25) is 0 Å². The maximum absolute atomic E-state index is 13.5. The first-order chi connectivity index (χ1) is 15.5. The van der Waals surface area contributed by atoms with E-state index in [4.69, 9.17) is 16.3 Å². The molecule has 2 heterocycles. The lowest BCUT2D eigenvalue weighted by molar-refractivity contribution is -0.128. The highest BCUT2D eigenvalue weighted by Gasteiger charge is 2.24. The maximum Gasteiger partial charge on any atom is 0.273 e. The summed E-state index contributed by atoms with van der Waals surface area (Å²) in [7, 11) is 0. The molecule has 1 aliphatic heterocycles. The lowest BCUT2D eigenvalue weighted by Gasteiger charge is -2.26. The summed E-state index contributed by atoms with van der Waals surface area (Å²) in [6, 6.07) is 14.2. The molecule has 9 heteroatoms. The summed E-state index contributed by atoms with van der Waals surface area (Å²) in [5, 5.41) is 10.4. The van der Waals surface area contributed by atoms with Gasteiger partial charge in [0, 0.05) is 18.1 Å². The third-order valence-electron chi connectivity index (χ3n) is 4.91. The van der Waals surface area contributed by atoms with Crippen LogP contribution in [0.4, 0.5) is 4.39 Å². The third-order valence-corrected chi connectivity index (χ3v) is 6.26. The van der Waals surface area contributed by atoms with Gasteiger partial charge in [-0.25, -0.2) is 4.39 Å². The molecule has 1 fully saturated rings. The third kappa shape index (κ3) is 4.50. The minimum atomic E-state index is -0.467. The summed E-state index contributed by atoms with van der Waals surface area (Å²) in [6.07, 6.45) is 1.67. The zero-order chi connectivity index (χ0) is 22.7. The fourth-order valence-corrected chi connectivity index (χ4v) is 4.52. The topological polar surface area (TPSA) is 75.3 Å². The lowest BCUT2D eigenvalue weighted by atomic mass is 10.2. The zero-order valence-electron chi connectivity index (χ0n) is 16.8. The van der Waals surface area contributed by atoms with Crippen molar-refractivity contribution < 1.29 is 13.9 Å². The van der Waals surface area contributed by atoms with Crippen LogP contribution in [0.1, 0.15) is 5.56 Å². The highest BCUT2D eigenvalue weighted by Crippen LogP contribution is 2.11. The molecule has 0 bridgehead atoms. The van der Waals surface area contributed by atoms with Crippen LogP contribution in [0.3, 0.4) is 0 Å².